The van der Waals surface area contributed by atoms with E-state index in [-0.39, 0.29) is 11.8 Å². The summed E-state index contributed by atoms with van der Waals surface area (Å²) in [6, 6.07) is 22.2. The molecule has 0 atom stereocenters. The van der Waals surface area contributed by atoms with Gasteiger partial charge in [-0.05, 0) is 55.5 Å². The Labute approximate surface area is 168 Å². The highest BCUT2D eigenvalue weighted by Crippen LogP contribution is 2.23. The highest BCUT2D eigenvalue weighted by Gasteiger charge is 2.13. The quantitative estimate of drug-likeness (QED) is 0.559. The Kier molecular flexibility index (Phi) is 4.83. The van der Waals surface area contributed by atoms with Crippen molar-refractivity contribution in [2.45, 2.75) is 6.92 Å². The fourth-order valence-electron chi connectivity index (χ4n) is 3.33. The molecule has 0 aliphatic heterocycles. The molecule has 0 radical (unpaired) electrons. The van der Waals surface area contributed by atoms with E-state index in [1.165, 1.54) is 0 Å². The Morgan fingerprint density at radius 3 is 2.38 bits per heavy atom. The molecular weight excluding hydrogens is 364 g/mol. The zero-order chi connectivity index (χ0) is 20.4. The first-order valence-electron chi connectivity index (χ1n) is 9.25. The van der Waals surface area contributed by atoms with Gasteiger partial charge in [0.15, 0.2) is 0 Å². The number of carbonyl (C=O) groups is 2. The van der Waals surface area contributed by atoms with E-state index in [0.717, 1.165) is 22.5 Å². The molecule has 1 heterocycles. The van der Waals surface area contributed by atoms with E-state index in [1.54, 1.807) is 43.4 Å². The van der Waals surface area contributed by atoms with Gasteiger partial charge in [0.05, 0.1) is 11.0 Å². The van der Waals surface area contributed by atoms with Gasteiger partial charge in [0.2, 0.25) is 0 Å². The maximum Gasteiger partial charge on any atom is 0.255 e. The number of carbonyl (C=O) groups excluding carboxylic acids is 2. The molecule has 0 saturated heterocycles. The Morgan fingerprint density at radius 2 is 1.62 bits per heavy atom. The summed E-state index contributed by atoms with van der Waals surface area (Å²) in [5.74, 6) is 0.388. The van der Waals surface area contributed by atoms with Gasteiger partial charge in [0.25, 0.3) is 11.8 Å². The predicted octanol–water partition coefficient (Wildman–Crippen LogP) is 3.95. The molecule has 4 rings (SSSR count). The highest BCUT2D eigenvalue weighted by atomic mass is 16.2. The number of anilines is 1. The van der Waals surface area contributed by atoms with Gasteiger partial charge in [-0.25, -0.2) is 4.98 Å². The third-order valence-corrected chi connectivity index (χ3v) is 4.71. The molecule has 29 heavy (non-hydrogen) atoms. The van der Waals surface area contributed by atoms with Gasteiger partial charge in [-0.1, -0.05) is 24.3 Å². The summed E-state index contributed by atoms with van der Waals surface area (Å²) < 4.78 is 2.06. The van der Waals surface area contributed by atoms with Gasteiger partial charge in [-0.2, -0.15) is 0 Å². The van der Waals surface area contributed by atoms with Crippen LogP contribution >= 0.6 is 0 Å². The molecule has 3 aromatic carbocycles. The molecule has 0 saturated carbocycles. The Balaban J connectivity index is 1.64. The van der Waals surface area contributed by atoms with E-state index in [1.807, 2.05) is 43.3 Å². The molecule has 0 aliphatic rings. The van der Waals surface area contributed by atoms with Crippen LogP contribution in [0, 0.1) is 6.92 Å². The van der Waals surface area contributed by atoms with Crippen molar-refractivity contribution in [1.29, 1.82) is 0 Å². The zero-order valence-corrected chi connectivity index (χ0v) is 16.1. The lowest BCUT2D eigenvalue weighted by atomic mass is 10.1. The second-order valence-electron chi connectivity index (χ2n) is 6.65. The lowest BCUT2D eigenvalue weighted by molar-refractivity contribution is 0.0961. The number of fused-ring (bicyclic) bond motifs is 1. The molecule has 2 N–H and O–H groups in total. The van der Waals surface area contributed by atoms with Crippen LogP contribution < -0.4 is 10.6 Å². The maximum atomic E-state index is 12.7. The van der Waals surface area contributed by atoms with Crippen LogP contribution in [0.2, 0.25) is 0 Å². The summed E-state index contributed by atoms with van der Waals surface area (Å²) in [6.07, 6.45) is 0. The third kappa shape index (κ3) is 3.60. The molecule has 4 aromatic rings. The first-order chi connectivity index (χ1) is 14.1. The molecule has 2 amide bonds. The number of rotatable bonds is 4. The summed E-state index contributed by atoms with van der Waals surface area (Å²) >= 11 is 0. The fraction of sp³-hybridized carbons (Fsp3) is 0.0870. The van der Waals surface area contributed by atoms with Crippen LogP contribution in [0.25, 0.3) is 16.7 Å². The van der Waals surface area contributed by atoms with Gasteiger partial charge in [-0.15, -0.1) is 0 Å². The van der Waals surface area contributed by atoms with E-state index in [0.29, 0.717) is 16.8 Å². The van der Waals surface area contributed by atoms with Gasteiger partial charge >= 0.3 is 0 Å². The van der Waals surface area contributed by atoms with Gasteiger partial charge in [-0.3, -0.25) is 14.2 Å². The SMILES string of the molecule is CNC(=O)c1cccc(NC(=O)c2ccc3c(c2)nc(C)n3-c2ccccc2)c1. The summed E-state index contributed by atoms with van der Waals surface area (Å²) in [4.78, 5) is 29.1. The van der Waals surface area contributed by atoms with Gasteiger partial charge < -0.3 is 10.6 Å². The van der Waals surface area contributed by atoms with E-state index < -0.39 is 0 Å². The van der Waals surface area contributed by atoms with Crippen LogP contribution in [-0.4, -0.2) is 28.4 Å². The average Bonchev–Trinajstić information content (AvgIpc) is 3.08. The van der Waals surface area contributed by atoms with Gasteiger partial charge in [0, 0.05) is 29.5 Å². The molecule has 0 fully saturated rings. The number of para-hydroxylation sites is 1. The predicted molar refractivity (Wildman–Crippen MR) is 114 cm³/mol. The largest absolute Gasteiger partial charge is 0.355 e. The van der Waals surface area contributed by atoms with Crippen molar-refractivity contribution in [3.63, 3.8) is 0 Å². The average molecular weight is 384 g/mol. The van der Waals surface area contributed by atoms with Crippen molar-refractivity contribution >= 4 is 28.5 Å². The number of benzene rings is 3. The molecule has 1 aromatic heterocycles. The normalized spacial score (nSPS) is 10.7. The van der Waals surface area contributed by atoms with Crippen LogP contribution in [-0.2, 0) is 0 Å². The summed E-state index contributed by atoms with van der Waals surface area (Å²) in [6.45, 7) is 1.94. The summed E-state index contributed by atoms with van der Waals surface area (Å²) in [7, 11) is 1.57. The smallest absolute Gasteiger partial charge is 0.255 e. The first-order valence-corrected chi connectivity index (χ1v) is 9.25. The van der Waals surface area contributed by atoms with Gasteiger partial charge in [0.1, 0.15) is 5.82 Å². The molecule has 0 aliphatic carbocycles. The number of aryl methyl sites for hydroxylation is 1. The fourth-order valence-corrected chi connectivity index (χ4v) is 3.33. The summed E-state index contributed by atoms with van der Waals surface area (Å²) in [5.41, 5.74) is 4.25. The number of nitrogens with one attached hydrogen (secondary N) is 2. The monoisotopic (exact) mass is 384 g/mol. The Hall–Kier alpha value is -3.93. The number of aromatic nitrogens is 2. The topological polar surface area (TPSA) is 76.0 Å². The lowest BCUT2D eigenvalue weighted by Crippen LogP contribution is -2.18. The van der Waals surface area contributed by atoms with Crippen molar-refractivity contribution in [2.75, 3.05) is 12.4 Å². The number of nitrogens with zero attached hydrogens (tertiary/aromatic N) is 2. The standard InChI is InChI=1S/C23H20N4O2/c1-15-25-20-14-17(11-12-21(20)27(15)19-9-4-3-5-10-19)23(29)26-18-8-6-7-16(13-18)22(28)24-2/h3-14H,1-2H3,(H,24,28)(H,26,29). The molecular formula is C23H20N4O2. The van der Waals surface area contributed by atoms with Crippen molar-refractivity contribution in [1.82, 2.24) is 14.9 Å². The van der Waals surface area contributed by atoms with Crippen LogP contribution in [0.15, 0.2) is 72.8 Å². The molecule has 6 heteroatoms. The molecule has 144 valence electrons. The molecule has 6 nitrogen and oxygen atoms in total. The number of hydrogen-bond acceptors (Lipinski definition) is 3. The van der Waals surface area contributed by atoms with Crippen LogP contribution in [0.3, 0.4) is 0 Å². The minimum atomic E-state index is -0.257. The van der Waals surface area contributed by atoms with Crippen LogP contribution in [0.4, 0.5) is 5.69 Å². The third-order valence-electron chi connectivity index (χ3n) is 4.71. The van der Waals surface area contributed by atoms with Crippen LogP contribution in [0.5, 0.6) is 0 Å². The van der Waals surface area contributed by atoms with E-state index in [4.69, 9.17) is 0 Å². The number of imidazole rings is 1. The minimum Gasteiger partial charge on any atom is -0.355 e. The second-order valence-corrected chi connectivity index (χ2v) is 6.65. The first kappa shape index (κ1) is 18.4. The molecule has 0 bridgehead atoms. The number of amides is 2. The summed E-state index contributed by atoms with van der Waals surface area (Å²) in [5, 5.41) is 5.41. The minimum absolute atomic E-state index is 0.204. The lowest BCUT2D eigenvalue weighted by Gasteiger charge is -2.08. The molecule has 0 spiro atoms. The molecule has 0 unspecified atom stereocenters. The second kappa shape index (κ2) is 7.59. The van der Waals surface area contributed by atoms with Crippen molar-refractivity contribution in [3.8, 4) is 5.69 Å². The number of hydrogen-bond donors (Lipinski definition) is 2. The highest BCUT2D eigenvalue weighted by molar-refractivity contribution is 6.06. The van der Waals surface area contributed by atoms with Crippen LogP contribution in [0.1, 0.15) is 26.5 Å². The maximum absolute atomic E-state index is 12.7. The van der Waals surface area contributed by atoms with Crippen molar-refractivity contribution < 1.29 is 9.59 Å². The Morgan fingerprint density at radius 1 is 0.862 bits per heavy atom. The van der Waals surface area contributed by atoms with E-state index in [2.05, 4.69) is 20.2 Å². The van der Waals surface area contributed by atoms with Crippen molar-refractivity contribution in [3.05, 3.63) is 89.7 Å². The van der Waals surface area contributed by atoms with Crippen molar-refractivity contribution in [2.24, 2.45) is 0 Å². The van der Waals surface area contributed by atoms with E-state index >= 15 is 0 Å². The zero-order valence-electron chi connectivity index (χ0n) is 16.1. The van der Waals surface area contributed by atoms with E-state index in [9.17, 15) is 9.59 Å². The Bertz CT molecular complexity index is 1210.